The normalized spacial score (nSPS) is 32.6. The summed E-state index contributed by atoms with van der Waals surface area (Å²) in [5.41, 5.74) is 0.176. The van der Waals surface area contributed by atoms with E-state index in [0.717, 1.165) is 13.1 Å². The second-order valence-electron chi connectivity index (χ2n) is 16.3. The first-order valence-corrected chi connectivity index (χ1v) is 19.7. The van der Waals surface area contributed by atoms with Crippen LogP contribution in [0.25, 0.3) is 10.8 Å². The zero-order valence-corrected chi connectivity index (χ0v) is 35.0. The lowest BCUT2D eigenvalue weighted by atomic mass is 9.78. The largest absolute Gasteiger partial charge is 0.507 e. The number of carbonyl (C=O) groups excluding carboxylic acids is 3. The summed E-state index contributed by atoms with van der Waals surface area (Å²) in [7, 11) is 3.44. The number of aliphatic hydroxyl groups is 2. The number of phenols is 3. The van der Waals surface area contributed by atoms with E-state index in [-0.39, 0.29) is 51.0 Å². The first-order chi connectivity index (χ1) is 27.2. The Bertz CT molecular complexity index is 2000. The van der Waals surface area contributed by atoms with Gasteiger partial charge in [0.05, 0.1) is 41.2 Å². The summed E-state index contributed by atoms with van der Waals surface area (Å²) in [6.07, 6.45) is 3.73. The summed E-state index contributed by atoms with van der Waals surface area (Å²) in [6, 6.07) is 0. The molecule has 1 saturated heterocycles. The van der Waals surface area contributed by atoms with Crippen molar-refractivity contribution >= 4 is 34.1 Å². The molecule has 58 heavy (non-hydrogen) atoms. The van der Waals surface area contributed by atoms with E-state index in [1.54, 1.807) is 46.8 Å². The number of amides is 1. The van der Waals surface area contributed by atoms with Crippen LogP contribution >= 0.6 is 0 Å². The Morgan fingerprint density at radius 1 is 0.931 bits per heavy atom. The average molecular weight is 810 g/mol. The number of benzene rings is 2. The number of likely N-dealkylation sites (N-methyl/N-ethyl adjacent to an activating group) is 1. The van der Waals surface area contributed by atoms with Gasteiger partial charge in [-0.3, -0.25) is 19.3 Å². The van der Waals surface area contributed by atoms with Gasteiger partial charge in [0.25, 0.3) is 11.7 Å². The zero-order valence-electron chi connectivity index (χ0n) is 35.0. The molecule has 6 N–H and O–H groups in total. The van der Waals surface area contributed by atoms with Gasteiger partial charge >= 0.3 is 11.8 Å². The SMILES string of the molecule is CO[C@H]1/C=C/O[C@@]2(C)Oc3c(C)c(O)c4c(O)c(c(CN5CCN(C)CC5)c(O)c4c3C2=O)NC(=O)/C(C)=C\C=C\[C@@H](C)[C@H](O)[C@@H](C)[C@H](O)[C@@H](C)[C@H](OC(C)=O)[C@@H]1C. The number of nitrogens with zero attached hydrogens (tertiary/aromatic N) is 2. The van der Waals surface area contributed by atoms with Gasteiger partial charge < -0.3 is 54.7 Å². The van der Waals surface area contributed by atoms with E-state index in [4.69, 9.17) is 18.9 Å². The highest BCUT2D eigenvalue weighted by Crippen LogP contribution is 2.55. The van der Waals surface area contributed by atoms with Crippen LogP contribution < -0.4 is 10.1 Å². The van der Waals surface area contributed by atoms with Crippen molar-refractivity contribution in [2.45, 2.75) is 92.1 Å². The summed E-state index contributed by atoms with van der Waals surface area (Å²) < 4.78 is 23.7. The molecule has 9 atom stereocenters. The molecule has 15 heteroatoms. The Balaban J connectivity index is 1.70. The number of Topliss-reactive ketones (excluding diaryl/α,β-unsaturated/α-hetero) is 1. The van der Waals surface area contributed by atoms with Gasteiger partial charge in [0.2, 0.25) is 0 Å². The molecular weight excluding hydrogens is 750 g/mol. The maximum absolute atomic E-state index is 14.4. The molecule has 0 spiro atoms. The summed E-state index contributed by atoms with van der Waals surface area (Å²) in [6.45, 7) is 15.4. The van der Waals surface area contributed by atoms with Crippen molar-refractivity contribution in [3.63, 3.8) is 0 Å². The number of hydrogen-bond donors (Lipinski definition) is 6. The fourth-order valence-corrected chi connectivity index (χ4v) is 8.17. The van der Waals surface area contributed by atoms with Crippen LogP contribution in [0.1, 0.15) is 70.0 Å². The Hall–Kier alpha value is -4.67. The number of phenolic OH excluding ortho intramolecular Hbond substituents is 3. The first-order valence-electron chi connectivity index (χ1n) is 19.7. The van der Waals surface area contributed by atoms with Crippen molar-refractivity contribution in [3.05, 3.63) is 52.8 Å². The van der Waals surface area contributed by atoms with Gasteiger partial charge in [0.1, 0.15) is 23.4 Å². The van der Waals surface area contributed by atoms with Crippen LogP contribution in [0.15, 0.2) is 36.1 Å². The summed E-state index contributed by atoms with van der Waals surface area (Å²) in [4.78, 5) is 44.7. The first kappa shape index (κ1) is 44.4. The van der Waals surface area contributed by atoms with Crippen LogP contribution in [0.3, 0.4) is 0 Å². The molecule has 2 aromatic rings. The van der Waals surface area contributed by atoms with Gasteiger partial charge in [-0.25, -0.2) is 0 Å². The third-order valence-corrected chi connectivity index (χ3v) is 12.1. The molecular formula is C43H59N3O12. The van der Waals surface area contributed by atoms with Gasteiger partial charge in [-0.15, -0.1) is 0 Å². The molecule has 15 nitrogen and oxygen atoms in total. The van der Waals surface area contributed by atoms with Gasteiger partial charge in [-0.05, 0) is 27.0 Å². The maximum Gasteiger partial charge on any atom is 0.312 e. The number of fused-ring (bicyclic) bond motifs is 14. The number of hydrogen-bond acceptors (Lipinski definition) is 14. The number of esters is 1. The molecule has 6 rings (SSSR count). The van der Waals surface area contributed by atoms with Crippen molar-refractivity contribution in [2.24, 2.45) is 23.7 Å². The molecule has 1 fully saturated rings. The minimum Gasteiger partial charge on any atom is -0.507 e. The number of aliphatic hydroxyl groups excluding tert-OH is 2. The number of nitrogens with one attached hydrogen (secondary N) is 1. The lowest BCUT2D eigenvalue weighted by Gasteiger charge is -2.38. The summed E-state index contributed by atoms with van der Waals surface area (Å²) >= 11 is 0. The Morgan fingerprint density at radius 3 is 2.21 bits per heavy atom. The third kappa shape index (κ3) is 8.55. The van der Waals surface area contributed by atoms with E-state index in [0.29, 0.717) is 13.1 Å². The predicted molar refractivity (Wildman–Crippen MR) is 217 cm³/mol. The van der Waals surface area contributed by atoms with Gasteiger partial charge in [-0.2, -0.15) is 0 Å². The van der Waals surface area contributed by atoms with E-state index in [1.165, 1.54) is 46.3 Å². The molecule has 0 aliphatic carbocycles. The number of piperazine rings is 1. The molecule has 0 aromatic heterocycles. The predicted octanol–water partition coefficient (Wildman–Crippen LogP) is 4.50. The fourth-order valence-electron chi connectivity index (χ4n) is 8.17. The molecule has 4 aliphatic heterocycles. The van der Waals surface area contributed by atoms with Crippen molar-refractivity contribution in [1.82, 2.24) is 9.80 Å². The van der Waals surface area contributed by atoms with Crippen molar-refractivity contribution < 1.29 is 58.9 Å². The average Bonchev–Trinajstić information content (AvgIpc) is 3.45. The second kappa shape index (κ2) is 17.7. The number of rotatable bonds is 4. The Morgan fingerprint density at radius 2 is 1.59 bits per heavy atom. The lowest BCUT2D eigenvalue weighted by Crippen LogP contribution is -2.46. The highest BCUT2D eigenvalue weighted by molar-refractivity contribution is 6.22. The smallest absolute Gasteiger partial charge is 0.312 e. The van der Waals surface area contributed by atoms with Crippen LogP contribution in [-0.4, -0.2) is 124 Å². The van der Waals surface area contributed by atoms with Gasteiger partial charge in [0.15, 0.2) is 5.75 Å². The van der Waals surface area contributed by atoms with Crippen molar-refractivity contribution in [2.75, 3.05) is 45.7 Å². The van der Waals surface area contributed by atoms with Crippen LogP contribution in [-0.2, 0) is 30.3 Å². The quantitative estimate of drug-likeness (QED) is 0.143. The Kier molecular flexibility index (Phi) is 13.5. The van der Waals surface area contributed by atoms with E-state index in [2.05, 4.69) is 10.2 Å². The number of carbonyl (C=O) groups is 3. The molecule has 1 amide bonds. The van der Waals surface area contributed by atoms with Crippen LogP contribution in [0.5, 0.6) is 23.0 Å². The van der Waals surface area contributed by atoms with Crippen molar-refractivity contribution in [3.8, 4) is 23.0 Å². The molecule has 0 radical (unpaired) electrons. The van der Waals surface area contributed by atoms with Crippen molar-refractivity contribution in [1.29, 1.82) is 0 Å². The minimum absolute atomic E-state index is 0.0565. The van der Waals surface area contributed by atoms with Crippen LogP contribution in [0.4, 0.5) is 5.69 Å². The molecule has 318 valence electrons. The molecule has 2 aromatic carbocycles. The van der Waals surface area contributed by atoms with Gasteiger partial charge in [0, 0.05) is 99.4 Å². The van der Waals surface area contributed by atoms with E-state index >= 15 is 0 Å². The fraction of sp³-hybridized carbons (Fsp3) is 0.558. The minimum atomic E-state index is -2.01. The van der Waals surface area contributed by atoms with E-state index < -0.39 is 88.8 Å². The van der Waals surface area contributed by atoms with E-state index in [1.807, 2.05) is 11.9 Å². The monoisotopic (exact) mass is 809 g/mol. The zero-order chi connectivity index (χ0) is 43.0. The Labute approximate surface area is 339 Å². The number of ether oxygens (including phenoxy) is 4. The molecule has 5 bridgehead atoms. The molecule has 0 unspecified atom stereocenters. The summed E-state index contributed by atoms with van der Waals surface area (Å²) in [5.74, 6) is -7.86. The lowest BCUT2D eigenvalue weighted by molar-refractivity contribution is -0.160. The number of aromatic hydroxyl groups is 3. The van der Waals surface area contributed by atoms with Crippen LogP contribution in [0, 0.1) is 30.6 Å². The number of allylic oxidation sites excluding steroid dienone is 2. The topological polar surface area (TPSA) is 208 Å². The number of ketones is 1. The van der Waals surface area contributed by atoms with E-state index in [9.17, 15) is 39.9 Å². The second-order valence-corrected chi connectivity index (χ2v) is 16.3. The van der Waals surface area contributed by atoms with Gasteiger partial charge in [-0.1, -0.05) is 45.9 Å². The third-order valence-electron chi connectivity index (χ3n) is 12.1. The number of methoxy groups -OCH3 is 1. The standard InChI is InChI=1S/C43H59N3O12/c1-21-12-11-13-22(2)42(54)44-33-28(20-46-17-15-45(9)16-18-46)37(51)30-31(38(33)52)36(50)26(6)40-32(30)41(53)43(8,58-40)56-19-14-29(55-10)23(3)39(57-27(7)47)25(5)35(49)24(4)34(21)48/h11-14,19,21,23-25,29,34-35,39,48-52H,15-18,20H2,1-10H3,(H,44,54)/b12-11+,19-14+,22-13-/t21-,23-,24-,25-,29+,34+,35+,39-,43+/m1/s1. The number of anilines is 1. The molecule has 0 saturated carbocycles. The summed E-state index contributed by atoms with van der Waals surface area (Å²) in [5, 5.41) is 60.9. The molecule has 4 aliphatic rings. The van der Waals surface area contributed by atoms with Crippen LogP contribution in [0.2, 0.25) is 0 Å². The highest BCUT2D eigenvalue weighted by Gasteiger charge is 2.50. The molecule has 4 heterocycles. The highest BCUT2D eigenvalue weighted by atomic mass is 16.7. The maximum atomic E-state index is 14.4.